The summed E-state index contributed by atoms with van der Waals surface area (Å²) in [4.78, 5) is 17.3. The first-order chi connectivity index (χ1) is 13.7. The van der Waals surface area contributed by atoms with Gasteiger partial charge in [-0.2, -0.15) is 5.10 Å². The van der Waals surface area contributed by atoms with Gasteiger partial charge in [-0.05, 0) is 48.4 Å². The number of nitrogens with two attached hydrogens (primary N) is 1. The lowest BCUT2D eigenvalue weighted by Crippen LogP contribution is -2.16. The van der Waals surface area contributed by atoms with Crippen LogP contribution >= 0.6 is 11.6 Å². The second kappa shape index (κ2) is 7.80. The predicted octanol–water partition coefficient (Wildman–Crippen LogP) is 3.80. The number of benzene rings is 2. The molecule has 3 N–H and O–H groups in total. The van der Waals surface area contributed by atoms with Gasteiger partial charge in [0.15, 0.2) is 5.65 Å². The topological polar surface area (TPSA) is 85.3 Å². The van der Waals surface area contributed by atoms with E-state index in [1.165, 1.54) is 0 Å². The molecule has 2 heterocycles. The number of nitrogens with one attached hydrogen (secondary N) is 1. The highest BCUT2D eigenvalue weighted by atomic mass is 35.5. The largest absolute Gasteiger partial charge is 0.330 e. The van der Waals surface area contributed by atoms with Gasteiger partial charge < -0.3 is 11.1 Å². The molecule has 0 saturated carbocycles. The van der Waals surface area contributed by atoms with Crippen molar-refractivity contribution in [3.8, 4) is 11.1 Å². The van der Waals surface area contributed by atoms with Crippen LogP contribution in [0, 0.1) is 0 Å². The van der Waals surface area contributed by atoms with Crippen LogP contribution in [0.2, 0.25) is 5.02 Å². The van der Waals surface area contributed by atoms with E-state index in [0.29, 0.717) is 29.3 Å². The molecule has 0 bridgehead atoms. The molecule has 0 aliphatic heterocycles. The Labute approximate surface area is 167 Å². The van der Waals surface area contributed by atoms with Crippen molar-refractivity contribution >= 4 is 28.8 Å². The first-order valence-corrected chi connectivity index (χ1v) is 9.23. The van der Waals surface area contributed by atoms with Gasteiger partial charge in [-0.3, -0.25) is 4.79 Å². The molecule has 2 aromatic carbocycles. The Kier molecular flexibility index (Phi) is 5.06. The van der Waals surface area contributed by atoms with Gasteiger partial charge >= 0.3 is 0 Å². The molecular weight excluding hydrogens is 374 g/mol. The van der Waals surface area contributed by atoms with Crippen LogP contribution in [-0.4, -0.2) is 27.0 Å². The van der Waals surface area contributed by atoms with Crippen LogP contribution < -0.4 is 11.1 Å². The van der Waals surface area contributed by atoms with Gasteiger partial charge in [0.1, 0.15) is 5.69 Å². The summed E-state index contributed by atoms with van der Waals surface area (Å²) in [7, 11) is 0. The molecule has 0 unspecified atom stereocenters. The van der Waals surface area contributed by atoms with Crippen molar-refractivity contribution in [3.63, 3.8) is 0 Å². The maximum Gasteiger partial charge on any atom is 0.274 e. The van der Waals surface area contributed by atoms with E-state index in [4.69, 9.17) is 17.3 Å². The Morgan fingerprint density at radius 2 is 2.00 bits per heavy atom. The van der Waals surface area contributed by atoms with Crippen molar-refractivity contribution in [1.82, 2.24) is 14.6 Å². The number of carbonyl (C=O) groups is 1. The van der Waals surface area contributed by atoms with Gasteiger partial charge in [0.05, 0.1) is 6.20 Å². The van der Waals surface area contributed by atoms with Crippen LogP contribution in [0.15, 0.2) is 67.0 Å². The minimum Gasteiger partial charge on any atom is -0.330 e. The lowest BCUT2D eigenvalue weighted by atomic mass is 10.1. The van der Waals surface area contributed by atoms with E-state index in [1.807, 2.05) is 48.5 Å². The quantitative estimate of drug-likeness (QED) is 0.541. The smallest absolute Gasteiger partial charge is 0.274 e. The van der Waals surface area contributed by atoms with E-state index in [2.05, 4.69) is 15.4 Å². The fourth-order valence-corrected chi connectivity index (χ4v) is 3.25. The maximum atomic E-state index is 12.8. The molecule has 1 amide bonds. The summed E-state index contributed by atoms with van der Waals surface area (Å²) in [6.45, 7) is 0.510. The number of para-hydroxylation sites is 1. The standard InChI is InChI=1S/C21H18ClN5O/c22-16-6-3-5-15(12-16)17-13-24-27-11-9-19(25-20(17)27)21(28)26-18-7-2-1-4-14(18)8-10-23/h1-7,9,11-13H,8,10,23H2,(H,26,28). The Morgan fingerprint density at radius 1 is 1.14 bits per heavy atom. The number of halogens is 1. The molecule has 0 aliphatic carbocycles. The Bertz CT molecular complexity index is 1150. The molecule has 28 heavy (non-hydrogen) atoms. The Morgan fingerprint density at radius 3 is 2.82 bits per heavy atom. The van der Waals surface area contributed by atoms with Gasteiger partial charge in [-0.25, -0.2) is 9.50 Å². The predicted molar refractivity (Wildman–Crippen MR) is 111 cm³/mol. The molecule has 0 spiro atoms. The zero-order chi connectivity index (χ0) is 19.5. The van der Waals surface area contributed by atoms with Crippen LogP contribution in [0.5, 0.6) is 0 Å². The minimum absolute atomic E-state index is 0.287. The monoisotopic (exact) mass is 391 g/mol. The van der Waals surface area contributed by atoms with E-state index >= 15 is 0 Å². The van der Waals surface area contributed by atoms with E-state index < -0.39 is 0 Å². The Hall–Kier alpha value is -3.22. The summed E-state index contributed by atoms with van der Waals surface area (Å²) in [5.41, 5.74) is 9.98. The lowest BCUT2D eigenvalue weighted by Gasteiger charge is -2.10. The van der Waals surface area contributed by atoms with E-state index in [-0.39, 0.29) is 5.91 Å². The average Bonchev–Trinajstić information content (AvgIpc) is 3.13. The summed E-state index contributed by atoms with van der Waals surface area (Å²) in [5, 5.41) is 7.87. The average molecular weight is 392 g/mol. The molecule has 0 atom stereocenters. The first kappa shape index (κ1) is 18.2. The molecular formula is C21H18ClN5O. The van der Waals surface area contributed by atoms with Crippen molar-refractivity contribution in [2.24, 2.45) is 5.73 Å². The second-order valence-corrected chi connectivity index (χ2v) is 6.74. The van der Waals surface area contributed by atoms with Gasteiger partial charge in [-0.15, -0.1) is 0 Å². The second-order valence-electron chi connectivity index (χ2n) is 6.30. The number of amides is 1. The third-order valence-corrected chi connectivity index (χ3v) is 4.65. The molecule has 0 saturated heterocycles. The van der Waals surface area contributed by atoms with Gasteiger partial charge in [0, 0.05) is 22.5 Å². The zero-order valence-corrected chi connectivity index (χ0v) is 15.7. The van der Waals surface area contributed by atoms with Crippen LogP contribution in [0.1, 0.15) is 16.1 Å². The first-order valence-electron chi connectivity index (χ1n) is 8.85. The number of anilines is 1. The van der Waals surface area contributed by atoms with E-state index in [9.17, 15) is 4.79 Å². The third kappa shape index (κ3) is 3.60. The summed E-state index contributed by atoms with van der Waals surface area (Å²) in [5.74, 6) is -0.287. The van der Waals surface area contributed by atoms with E-state index in [0.717, 1.165) is 22.4 Å². The molecule has 7 heteroatoms. The van der Waals surface area contributed by atoms with Crippen molar-refractivity contribution in [3.05, 3.63) is 83.3 Å². The van der Waals surface area contributed by atoms with Crippen molar-refractivity contribution in [2.75, 3.05) is 11.9 Å². The number of hydrogen-bond acceptors (Lipinski definition) is 4. The van der Waals surface area contributed by atoms with E-state index in [1.54, 1.807) is 23.0 Å². The van der Waals surface area contributed by atoms with Crippen molar-refractivity contribution in [1.29, 1.82) is 0 Å². The zero-order valence-electron chi connectivity index (χ0n) is 15.0. The molecule has 4 rings (SSSR count). The molecule has 0 aliphatic rings. The van der Waals surface area contributed by atoms with Crippen LogP contribution in [-0.2, 0) is 6.42 Å². The van der Waals surface area contributed by atoms with Crippen molar-refractivity contribution < 1.29 is 4.79 Å². The number of aromatic nitrogens is 3. The van der Waals surface area contributed by atoms with Crippen molar-refractivity contribution in [2.45, 2.75) is 6.42 Å². The molecule has 140 valence electrons. The molecule has 2 aromatic heterocycles. The molecule has 4 aromatic rings. The third-order valence-electron chi connectivity index (χ3n) is 4.42. The number of carbonyl (C=O) groups excluding carboxylic acids is 1. The summed E-state index contributed by atoms with van der Waals surface area (Å²) >= 11 is 6.10. The van der Waals surface area contributed by atoms with Gasteiger partial charge in [-0.1, -0.05) is 41.9 Å². The highest BCUT2D eigenvalue weighted by Crippen LogP contribution is 2.26. The SMILES string of the molecule is NCCc1ccccc1NC(=O)c1ccn2ncc(-c3cccc(Cl)c3)c2n1. The maximum absolute atomic E-state index is 12.8. The number of fused-ring (bicyclic) bond motifs is 1. The lowest BCUT2D eigenvalue weighted by molar-refractivity contribution is 0.102. The summed E-state index contributed by atoms with van der Waals surface area (Å²) < 4.78 is 1.63. The Balaban J connectivity index is 1.68. The molecule has 0 fully saturated rings. The summed E-state index contributed by atoms with van der Waals surface area (Å²) in [6.07, 6.45) is 4.12. The van der Waals surface area contributed by atoms with Crippen LogP contribution in [0.25, 0.3) is 16.8 Å². The van der Waals surface area contributed by atoms with Crippen LogP contribution in [0.4, 0.5) is 5.69 Å². The van der Waals surface area contributed by atoms with Gasteiger partial charge in [0.2, 0.25) is 0 Å². The molecule has 6 nitrogen and oxygen atoms in total. The number of rotatable bonds is 5. The number of hydrogen-bond donors (Lipinski definition) is 2. The fourth-order valence-electron chi connectivity index (χ4n) is 3.06. The summed E-state index contributed by atoms with van der Waals surface area (Å²) in [6, 6.07) is 16.7. The fraction of sp³-hybridized carbons (Fsp3) is 0.0952. The highest BCUT2D eigenvalue weighted by Gasteiger charge is 2.14. The normalized spacial score (nSPS) is 10.9. The minimum atomic E-state index is -0.287. The highest BCUT2D eigenvalue weighted by molar-refractivity contribution is 6.30. The number of nitrogens with zero attached hydrogens (tertiary/aromatic N) is 3. The van der Waals surface area contributed by atoms with Gasteiger partial charge in [0.25, 0.3) is 5.91 Å². The van der Waals surface area contributed by atoms with Crippen LogP contribution in [0.3, 0.4) is 0 Å². The molecule has 0 radical (unpaired) electrons.